The number of esters is 2. The molecular weight excluding hydrogens is 563 g/mol. The highest BCUT2D eigenvalue weighted by Crippen LogP contribution is 2.21. The fourth-order valence-electron chi connectivity index (χ4n) is 2.50. The molecule has 10 nitrogen and oxygen atoms in total. The van der Waals surface area contributed by atoms with Crippen LogP contribution in [0.5, 0.6) is 0 Å². The molecule has 0 amide bonds. The number of carbonyl (C=O) groups is 2. The molecule has 0 spiro atoms. The Morgan fingerprint density at radius 1 is 0.879 bits per heavy atom. The Kier molecular flexibility index (Phi) is 9.41. The van der Waals surface area contributed by atoms with Crippen LogP contribution in [0.25, 0.3) is 11.3 Å². The van der Waals surface area contributed by atoms with E-state index in [4.69, 9.17) is 44.3 Å². The molecule has 0 aliphatic heterocycles. The molecule has 14 heteroatoms. The van der Waals surface area contributed by atoms with Crippen molar-refractivity contribution in [3.63, 3.8) is 0 Å². The van der Waals surface area contributed by atoms with Crippen LogP contribution in [0.2, 0.25) is 15.3 Å². The van der Waals surface area contributed by atoms with Gasteiger partial charge < -0.3 is 9.47 Å². The second-order valence-electron chi connectivity index (χ2n) is 5.83. The standard InChI is InChI=1S/C9H7BrClN3O2.C9H7Cl2N3O2.CH4/c2*1-2-16-9(15)6-4-12-8-5(10)3-7(11)13-14(6)8;/h2*3-4H,2H2,1H3;1H4. The molecule has 0 bridgehead atoms. The van der Waals surface area contributed by atoms with Crippen molar-refractivity contribution >= 4 is 74.0 Å². The lowest BCUT2D eigenvalue weighted by Gasteiger charge is -2.01. The largest absolute Gasteiger partial charge is 0.461 e. The molecule has 0 radical (unpaired) electrons. The molecule has 0 aromatic carbocycles. The Morgan fingerprint density at radius 3 is 1.85 bits per heavy atom. The molecule has 0 saturated carbocycles. The van der Waals surface area contributed by atoms with Crippen LogP contribution < -0.4 is 0 Å². The Bertz CT molecular complexity index is 1210. The number of imidazole rings is 2. The quantitative estimate of drug-likeness (QED) is 0.304. The van der Waals surface area contributed by atoms with Crippen molar-refractivity contribution in [3.05, 3.63) is 55.7 Å². The maximum atomic E-state index is 11.6. The number of ether oxygens (including phenoxy) is 2. The summed E-state index contributed by atoms with van der Waals surface area (Å²) in [5, 5.41) is 8.70. The number of carbonyl (C=O) groups excluding carboxylic acids is 2. The van der Waals surface area contributed by atoms with E-state index in [-0.39, 0.29) is 35.7 Å². The van der Waals surface area contributed by atoms with E-state index >= 15 is 0 Å². The molecule has 0 saturated heterocycles. The molecule has 176 valence electrons. The monoisotopic (exact) mass is 578 g/mol. The van der Waals surface area contributed by atoms with Gasteiger partial charge in [0.1, 0.15) is 0 Å². The van der Waals surface area contributed by atoms with Crippen molar-refractivity contribution in [2.75, 3.05) is 13.2 Å². The molecule has 0 unspecified atom stereocenters. The molecule has 33 heavy (non-hydrogen) atoms. The summed E-state index contributed by atoms with van der Waals surface area (Å²) in [5.74, 6) is -0.988. The number of aromatic nitrogens is 6. The van der Waals surface area contributed by atoms with Crippen LogP contribution in [0.4, 0.5) is 0 Å². The minimum absolute atomic E-state index is 0. The fraction of sp³-hybridized carbons (Fsp3) is 0.263. The first-order valence-electron chi connectivity index (χ1n) is 9.00. The first kappa shape index (κ1) is 26.8. The van der Waals surface area contributed by atoms with E-state index < -0.39 is 11.9 Å². The molecular formula is C19H18BrCl3N6O4. The Morgan fingerprint density at radius 2 is 1.33 bits per heavy atom. The van der Waals surface area contributed by atoms with E-state index in [0.717, 1.165) is 0 Å². The first-order chi connectivity index (χ1) is 15.3. The molecule has 0 atom stereocenters. The average Bonchev–Trinajstić information content (AvgIpc) is 3.33. The molecule has 4 aromatic rings. The zero-order chi connectivity index (χ0) is 23.4. The van der Waals surface area contributed by atoms with Crippen LogP contribution in [0.3, 0.4) is 0 Å². The van der Waals surface area contributed by atoms with Crippen LogP contribution >= 0.6 is 50.7 Å². The Hall–Kier alpha value is -2.47. The summed E-state index contributed by atoms with van der Waals surface area (Å²) >= 11 is 20.7. The van der Waals surface area contributed by atoms with Crippen molar-refractivity contribution in [3.8, 4) is 0 Å². The van der Waals surface area contributed by atoms with E-state index in [9.17, 15) is 9.59 Å². The van der Waals surface area contributed by atoms with Crippen molar-refractivity contribution in [2.24, 2.45) is 0 Å². The smallest absolute Gasteiger partial charge is 0.358 e. The third-order valence-electron chi connectivity index (χ3n) is 3.75. The van der Waals surface area contributed by atoms with E-state index in [1.807, 2.05) is 0 Å². The van der Waals surface area contributed by atoms with Gasteiger partial charge in [-0.3, -0.25) is 0 Å². The van der Waals surface area contributed by atoms with E-state index in [1.165, 1.54) is 27.5 Å². The van der Waals surface area contributed by atoms with Gasteiger partial charge in [-0.2, -0.15) is 10.2 Å². The van der Waals surface area contributed by atoms with Gasteiger partial charge in [-0.1, -0.05) is 42.2 Å². The van der Waals surface area contributed by atoms with Gasteiger partial charge >= 0.3 is 11.9 Å². The maximum absolute atomic E-state index is 11.6. The summed E-state index contributed by atoms with van der Waals surface area (Å²) in [6.45, 7) is 4.03. The fourth-order valence-corrected chi connectivity index (χ4v) is 3.77. The average molecular weight is 581 g/mol. The van der Waals surface area contributed by atoms with E-state index in [0.29, 0.717) is 27.4 Å². The normalized spacial score (nSPS) is 10.4. The van der Waals surface area contributed by atoms with Crippen LogP contribution in [0, 0.1) is 0 Å². The SMILES string of the molecule is C.CCOC(=O)c1cnc2c(Br)cc(Cl)nn12.CCOC(=O)c1cnc2c(Cl)cc(Cl)nn12. The zero-order valence-corrected chi connectivity index (χ0v) is 20.4. The molecule has 0 aliphatic carbocycles. The first-order valence-corrected chi connectivity index (χ1v) is 10.9. The predicted octanol–water partition coefficient (Wildman–Crippen LogP) is 5.17. The van der Waals surface area contributed by atoms with Gasteiger partial charge in [0, 0.05) is 0 Å². The van der Waals surface area contributed by atoms with Gasteiger partial charge in [-0.05, 0) is 41.9 Å². The summed E-state index contributed by atoms with van der Waals surface area (Å²) in [6, 6.07) is 3.07. The van der Waals surface area contributed by atoms with Crippen LogP contribution in [0.1, 0.15) is 42.3 Å². The Balaban J connectivity index is 0.000000227. The minimum Gasteiger partial charge on any atom is -0.461 e. The lowest BCUT2D eigenvalue weighted by atomic mass is 10.5. The lowest BCUT2D eigenvalue weighted by molar-refractivity contribution is 0.0507. The van der Waals surface area contributed by atoms with Gasteiger partial charge in [0.2, 0.25) is 0 Å². The zero-order valence-electron chi connectivity index (χ0n) is 16.6. The second-order valence-corrected chi connectivity index (χ2v) is 7.86. The second kappa shape index (κ2) is 11.6. The van der Waals surface area contributed by atoms with Crippen LogP contribution in [-0.4, -0.2) is 54.3 Å². The number of hydrogen-bond acceptors (Lipinski definition) is 8. The molecule has 0 aliphatic rings. The number of rotatable bonds is 4. The summed E-state index contributed by atoms with van der Waals surface area (Å²) in [7, 11) is 0. The topological polar surface area (TPSA) is 113 Å². The summed E-state index contributed by atoms with van der Waals surface area (Å²) < 4.78 is 13.0. The number of hydrogen-bond donors (Lipinski definition) is 0. The lowest BCUT2D eigenvalue weighted by Crippen LogP contribution is -2.09. The number of fused-ring (bicyclic) bond motifs is 2. The van der Waals surface area contributed by atoms with Crippen LogP contribution in [0.15, 0.2) is 29.0 Å². The highest BCUT2D eigenvalue weighted by molar-refractivity contribution is 9.10. The number of nitrogens with zero attached hydrogens (tertiary/aromatic N) is 6. The predicted molar refractivity (Wildman–Crippen MR) is 127 cm³/mol. The number of halogens is 4. The summed E-state index contributed by atoms with van der Waals surface area (Å²) in [6.07, 6.45) is 2.75. The molecule has 0 N–H and O–H groups in total. The van der Waals surface area contributed by atoms with E-state index in [2.05, 4.69) is 36.1 Å². The van der Waals surface area contributed by atoms with Crippen molar-refractivity contribution in [1.82, 2.24) is 29.2 Å². The third-order valence-corrected chi connectivity index (χ3v) is 4.99. The highest BCUT2D eigenvalue weighted by atomic mass is 79.9. The summed E-state index contributed by atoms with van der Waals surface area (Å²) in [5.41, 5.74) is 1.34. The van der Waals surface area contributed by atoms with Crippen molar-refractivity contribution in [2.45, 2.75) is 21.3 Å². The molecule has 4 rings (SSSR count). The van der Waals surface area contributed by atoms with Crippen molar-refractivity contribution < 1.29 is 19.1 Å². The molecule has 4 aromatic heterocycles. The molecule has 4 heterocycles. The van der Waals surface area contributed by atoms with Crippen LogP contribution in [-0.2, 0) is 9.47 Å². The van der Waals surface area contributed by atoms with Gasteiger partial charge in [0.15, 0.2) is 33.0 Å². The highest BCUT2D eigenvalue weighted by Gasteiger charge is 2.17. The van der Waals surface area contributed by atoms with Gasteiger partial charge in [0.05, 0.1) is 35.1 Å². The van der Waals surface area contributed by atoms with Crippen molar-refractivity contribution in [1.29, 1.82) is 0 Å². The third kappa shape index (κ3) is 5.91. The minimum atomic E-state index is -0.513. The van der Waals surface area contributed by atoms with E-state index in [1.54, 1.807) is 19.9 Å². The Labute approximate surface area is 211 Å². The van der Waals surface area contributed by atoms with Gasteiger partial charge in [-0.15, -0.1) is 0 Å². The maximum Gasteiger partial charge on any atom is 0.358 e. The molecule has 0 fully saturated rings. The van der Waals surface area contributed by atoms with Gasteiger partial charge in [0.25, 0.3) is 0 Å². The summed E-state index contributed by atoms with van der Waals surface area (Å²) in [4.78, 5) is 31.1. The van der Waals surface area contributed by atoms with Gasteiger partial charge in [-0.25, -0.2) is 28.6 Å².